The van der Waals surface area contributed by atoms with Crippen molar-refractivity contribution in [2.24, 2.45) is 5.92 Å². The Morgan fingerprint density at radius 1 is 1.47 bits per heavy atom. The third kappa shape index (κ3) is 3.30. The van der Waals surface area contributed by atoms with Crippen LogP contribution in [-0.2, 0) is 6.54 Å². The highest BCUT2D eigenvalue weighted by atomic mass is 32.1. The molecule has 1 aromatic rings. The predicted molar refractivity (Wildman–Crippen MR) is 75.7 cm³/mol. The number of piperidine rings is 1. The summed E-state index contributed by atoms with van der Waals surface area (Å²) in [5, 5.41) is 3.74. The van der Waals surface area contributed by atoms with Crippen LogP contribution >= 0.6 is 11.3 Å². The molecule has 2 heterocycles. The molecule has 1 aromatic heterocycles. The van der Waals surface area contributed by atoms with Crippen LogP contribution in [0, 0.1) is 19.8 Å². The normalized spacial score (nSPS) is 26.4. The molecular formula is C14H24N2S. The van der Waals surface area contributed by atoms with Gasteiger partial charge in [-0.1, -0.05) is 6.92 Å². The summed E-state index contributed by atoms with van der Waals surface area (Å²) in [6, 6.07) is 3.01. The molecule has 2 rings (SSSR count). The van der Waals surface area contributed by atoms with Crippen LogP contribution in [0.1, 0.15) is 28.7 Å². The summed E-state index contributed by atoms with van der Waals surface area (Å²) < 4.78 is 0. The summed E-state index contributed by atoms with van der Waals surface area (Å²) in [5.74, 6) is 0.758. The van der Waals surface area contributed by atoms with Crippen molar-refractivity contribution in [1.82, 2.24) is 10.2 Å². The van der Waals surface area contributed by atoms with Crippen LogP contribution in [0.4, 0.5) is 0 Å². The highest BCUT2D eigenvalue weighted by Crippen LogP contribution is 2.21. The first-order chi connectivity index (χ1) is 8.06. The van der Waals surface area contributed by atoms with Gasteiger partial charge in [-0.2, -0.15) is 0 Å². The molecule has 0 saturated carbocycles. The van der Waals surface area contributed by atoms with E-state index in [0.29, 0.717) is 6.04 Å². The van der Waals surface area contributed by atoms with E-state index < -0.39 is 0 Å². The van der Waals surface area contributed by atoms with E-state index in [9.17, 15) is 0 Å². The van der Waals surface area contributed by atoms with Gasteiger partial charge in [-0.3, -0.25) is 0 Å². The Labute approximate surface area is 109 Å². The molecule has 0 radical (unpaired) electrons. The first kappa shape index (κ1) is 13.1. The topological polar surface area (TPSA) is 15.3 Å². The highest BCUT2D eigenvalue weighted by molar-refractivity contribution is 7.12. The fourth-order valence-electron chi connectivity index (χ4n) is 2.76. The molecule has 2 nitrogen and oxygen atoms in total. The Morgan fingerprint density at radius 2 is 2.24 bits per heavy atom. The molecule has 0 spiro atoms. The molecule has 0 bridgehead atoms. The van der Waals surface area contributed by atoms with Crippen LogP contribution in [0.25, 0.3) is 0 Å². The lowest BCUT2D eigenvalue weighted by Gasteiger charge is -2.35. The zero-order valence-electron chi connectivity index (χ0n) is 11.4. The van der Waals surface area contributed by atoms with E-state index in [-0.39, 0.29) is 0 Å². The van der Waals surface area contributed by atoms with Crippen LogP contribution in [0.5, 0.6) is 0 Å². The van der Waals surface area contributed by atoms with Gasteiger partial charge in [0.1, 0.15) is 0 Å². The van der Waals surface area contributed by atoms with E-state index in [4.69, 9.17) is 0 Å². The summed E-state index contributed by atoms with van der Waals surface area (Å²) >= 11 is 1.91. The van der Waals surface area contributed by atoms with E-state index in [2.05, 4.69) is 44.1 Å². The van der Waals surface area contributed by atoms with Gasteiger partial charge in [-0.15, -0.1) is 11.3 Å². The van der Waals surface area contributed by atoms with Crippen LogP contribution in [0.3, 0.4) is 0 Å². The van der Waals surface area contributed by atoms with Crippen molar-refractivity contribution < 1.29 is 0 Å². The number of nitrogens with one attached hydrogen (secondary N) is 1. The minimum atomic E-state index is 0.686. The van der Waals surface area contributed by atoms with Crippen molar-refractivity contribution in [3.63, 3.8) is 0 Å². The molecule has 2 unspecified atom stereocenters. The third-order valence-electron chi connectivity index (χ3n) is 3.81. The quantitative estimate of drug-likeness (QED) is 0.890. The number of rotatable bonds is 3. The lowest BCUT2D eigenvalue weighted by atomic mass is 9.94. The van der Waals surface area contributed by atoms with Gasteiger partial charge in [-0.25, -0.2) is 0 Å². The summed E-state index contributed by atoms with van der Waals surface area (Å²) in [6.07, 6.45) is 1.28. The third-order valence-corrected chi connectivity index (χ3v) is 4.82. The van der Waals surface area contributed by atoms with Crippen molar-refractivity contribution in [2.75, 3.05) is 20.1 Å². The van der Waals surface area contributed by atoms with Gasteiger partial charge in [0, 0.05) is 28.9 Å². The molecule has 17 heavy (non-hydrogen) atoms. The largest absolute Gasteiger partial charge is 0.310 e. The maximum atomic E-state index is 3.74. The molecule has 0 amide bonds. The lowest BCUT2D eigenvalue weighted by Crippen LogP contribution is -2.46. The van der Waals surface area contributed by atoms with Crippen LogP contribution in [0.15, 0.2) is 6.07 Å². The maximum Gasteiger partial charge on any atom is 0.0219 e. The summed E-state index contributed by atoms with van der Waals surface area (Å²) in [6.45, 7) is 10.3. The molecule has 0 aliphatic carbocycles. The summed E-state index contributed by atoms with van der Waals surface area (Å²) in [7, 11) is 2.22. The molecular weight excluding hydrogens is 228 g/mol. The second kappa shape index (κ2) is 5.51. The molecule has 1 N–H and O–H groups in total. The van der Waals surface area contributed by atoms with Gasteiger partial charge >= 0.3 is 0 Å². The van der Waals surface area contributed by atoms with Crippen LogP contribution < -0.4 is 5.32 Å². The van der Waals surface area contributed by atoms with Crippen LogP contribution in [-0.4, -0.2) is 31.1 Å². The number of nitrogens with zero attached hydrogens (tertiary/aromatic N) is 1. The second-order valence-electron chi connectivity index (χ2n) is 5.45. The minimum absolute atomic E-state index is 0.686. The number of hydrogen-bond acceptors (Lipinski definition) is 3. The molecule has 1 saturated heterocycles. The van der Waals surface area contributed by atoms with Gasteiger partial charge in [0.05, 0.1) is 0 Å². The number of hydrogen-bond donors (Lipinski definition) is 1. The van der Waals surface area contributed by atoms with Crippen molar-refractivity contribution in [3.8, 4) is 0 Å². The predicted octanol–water partition coefficient (Wildman–Crippen LogP) is 2.79. The monoisotopic (exact) mass is 252 g/mol. The summed E-state index contributed by atoms with van der Waals surface area (Å²) in [5.41, 5.74) is 1.48. The Hall–Kier alpha value is -0.380. The van der Waals surface area contributed by atoms with Crippen molar-refractivity contribution >= 4 is 11.3 Å². The van der Waals surface area contributed by atoms with Gasteiger partial charge in [-0.05, 0) is 51.4 Å². The zero-order valence-corrected chi connectivity index (χ0v) is 12.2. The molecule has 2 atom stereocenters. The first-order valence-corrected chi connectivity index (χ1v) is 7.35. The minimum Gasteiger partial charge on any atom is -0.310 e. The van der Waals surface area contributed by atoms with Gasteiger partial charge in [0.2, 0.25) is 0 Å². The second-order valence-corrected chi connectivity index (χ2v) is 6.91. The van der Waals surface area contributed by atoms with Crippen LogP contribution in [0.2, 0.25) is 0 Å². The SMILES string of the molecule is Cc1cc(CNC2CCN(C)CC2C)c(C)s1. The molecule has 1 fully saturated rings. The van der Waals surface area contributed by atoms with Crippen molar-refractivity contribution in [1.29, 1.82) is 0 Å². The molecule has 0 aromatic carbocycles. The maximum absolute atomic E-state index is 3.74. The highest BCUT2D eigenvalue weighted by Gasteiger charge is 2.23. The molecule has 1 aliphatic rings. The van der Waals surface area contributed by atoms with Gasteiger partial charge in [0.15, 0.2) is 0 Å². The number of thiophene rings is 1. The van der Waals surface area contributed by atoms with E-state index in [1.165, 1.54) is 34.8 Å². The average Bonchev–Trinajstić information content (AvgIpc) is 2.56. The summed E-state index contributed by atoms with van der Waals surface area (Å²) in [4.78, 5) is 5.33. The van der Waals surface area contributed by atoms with Gasteiger partial charge < -0.3 is 10.2 Å². The van der Waals surface area contributed by atoms with E-state index >= 15 is 0 Å². The fourth-order valence-corrected chi connectivity index (χ4v) is 3.70. The molecule has 96 valence electrons. The zero-order chi connectivity index (χ0) is 12.4. The number of aryl methyl sites for hydroxylation is 2. The Bertz CT molecular complexity index is 372. The molecule has 1 aliphatic heterocycles. The standard InChI is InChI=1S/C14H24N2S/c1-10-9-16(4)6-5-14(10)15-8-13-7-11(2)17-12(13)3/h7,10,14-15H,5-6,8-9H2,1-4H3. The van der Waals surface area contributed by atoms with E-state index in [1.54, 1.807) is 0 Å². The van der Waals surface area contributed by atoms with Gasteiger partial charge in [0.25, 0.3) is 0 Å². The average molecular weight is 252 g/mol. The fraction of sp³-hybridized carbons (Fsp3) is 0.714. The Balaban J connectivity index is 1.88. The Morgan fingerprint density at radius 3 is 2.82 bits per heavy atom. The van der Waals surface area contributed by atoms with Crippen molar-refractivity contribution in [3.05, 3.63) is 21.4 Å². The first-order valence-electron chi connectivity index (χ1n) is 6.54. The van der Waals surface area contributed by atoms with Crippen molar-refractivity contribution in [2.45, 2.75) is 39.8 Å². The lowest BCUT2D eigenvalue weighted by molar-refractivity contribution is 0.174. The Kier molecular flexibility index (Phi) is 4.23. The molecule has 3 heteroatoms. The smallest absolute Gasteiger partial charge is 0.0219 e. The van der Waals surface area contributed by atoms with E-state index in [0.717, 1.165) is 12.5 Å². The number of likely N-dealkylation sites (tertiary alicyclic amines) is 1. The van der Waals surface area contributed by atoms with E-state index in [1.807, 2.05) is 11.3 Å².